The average molecular weight is 397 g/mol. The first-order valence-electron chi connectivity index (χ1n) is 7.86. The van der Waals surface area contributed by atoms with Crippen molar-refractivity contribution < 1.29 is 23.1 Å². The molecule has 0 atom stereocenters. The fourth-order valence-corrected chi connectivity index (χ4v) is 4.16. The Kier molecular flexibility index (Phi) is 5.47. The molecule has 0 bridgehead atoms. The van der Waals surface area contributed by atoms with Gasteiger partial charge in [0.25, 0.3) is 5.91 Å². The first kappa shape index (κ1) is 18.7. The van der Waals surface area contributed by atoms with Gasteiger partial charge >= 0.3 is 0 Å². The van der Waals surface area contributed by atoms with Crippen LogP contribution in [0.2, 0.25) is 5.02 Å². The van der Waals surface area contributed by atoms with E-state index in [1.807, 2.05) is 0 Å². The molecule has 0 spiro atoms. The fourth-order valence-electron chi connectivity index (χ4n) is 2.52. The molecule has 0 saturated carbocycles. The zero-order valence-corrected chi connectivity index (χ0v) is 15.3. The summed E-state index contributed by atoms with van der Waals surface area (Å²) in [6.07, 6.45) is 0. The number of halogens is 1. The van der Waals surface area contributed by atoms with E-state index in [9.17, 15) is 18.3 Å². The van der Waals surface area contributed by atoms with Crippen LogP contribution in [0.3, 0.4) is 0 Å². The van der Waals surface area contributed by atoms with Crippen molar-refractivity contribution in [1.29, 1.82) is 0 Å². The summed E-state index contributed by atoms with van der Waals surface area (Å²) in [4.78, 5) is 12.5. The molecule has 138 valence electrons. The van der Waals surface area contributed by atoms with E-state index in [2.05, 4.69) is 5.32 Å². The van der Waals surface area contributed by atoms with Gasteiger partial charge in [0, 0.05) is 18.8 Å². The minimum Gasteiger partial charge on any atom is -0.508 e. The third-order valence-electron chi connectivity index (χ3n) is 3.92. The van der Waals surface area contributed by atoms with Crippen LogP contribution in [0.25, 0.3) is 0 Å². The zero-order chi connectivity index (χ0) is 18.7. The first-order valence-corrected chi connectivity index (χ1v) is 9.67. The topological polar surface area (TPSA) is 95.9 Å². The number of sulfonamides is 1. The predicted octanol–water partition coefficient (Wildman–Crippen LogP) is 2.32. The van der Waals surface area contributed by atoms with Crippen molar-refractivity contribution in [1.82, 2.24) is 4.31 Å². The second-order valence-corrected chi connectivity index (χ2v) is 8.00. The molecule has 9 heteroatoms. The van der Waals surface area contributed by atoms with Crippen LogP contribution in [0.1, 0.15) is 10.4 Å². The van der Waals surface area contributed by atoms with E-state index in [4.69, 9.17) is 16.3 Å². The van der Waals surface area contributed by atoms with E-state index in [-0.39, 0.29) is 34.3 Å². The van der Waals surface area contributed by atoms with Crippen LogP contribution in [-0.4, -0.2) is 50.0 Å². The highest BCUT2D eigenvalue weighted by molar-refractivity contribution is 7.89. The number of carbonyl (C=O) groups is 1. The quantitative estimate of drug-likeness (QED) is 0.773. The van der Waals surface area contributed by atoms with Crippen molar-refractivity contribution >= 4 is 33.2 Å². The molecule has 0 radical (unpaired) electrons. The maximum atomic E-state index is 12.7. The Morgan fingerprint density at radius 3 is 2.42 bits per heavy atom. The van der Waals surface area contributed by atoms with Gasteiger partial charge in [-0.2, -0.15) is 4.31 Å². The molecule has 0 aromatic heterocycles. The van der Waals surface area contributed by atoms with Crippen LogP contribution in [0, 0.1) is 0 Å². The monoisotopic (exact) mass is 396 g/mol. The smallest absolute Gasteiger partial charge is 0.257 e. The molecule has 2 aromatic carbocycles. The van der Waals surface area contributed by atoms with Crippen molar-refractivity contribution in [2.75, 3.05) is 31.6 Å². The van der Waals surface area contributed by atoms with Gasteiger partial charge in [-0.25, -0.2) is 8.42 Å². The molecule has 2 aromatic rings. The van der Waals surface area contributed by atoms with Crippen molar-refractivity contribution in [3.8, 4) is 5.75 Å². The van der Waals surface area contributed by atoms with Crippen molar-refractivity contribution in [2.45, 2.75) is 4.90 Å². The van der Waals surface area contributed by atoms with Crippen LogP contribution in [-0.2, 0) is 14.8 Å². The molecule has 1 aliphatic rings. The van der Waals surface area contributed by atoms with Gasteiger partial charge < -0.3 is 15.2 Å². The number of hydrogen-bond donors (Lipinski definition) is 2. The third kappa shape index (κ3) is 3.99. The van der Waals surface area contributed by atoms with E-state index in [0.29, 0.717) is 18.9 Å². The van der Waals surface area contributed by atoms with Crippen LogP contribution in [0.5, 0.6) is 5.75 Å². The van der Waals surface area contributed by atoms with Crippen LogP contribution >= 0.6 is 11.6 Å². The molecule has 1 heterocycles. The summed E-state index contributed by atoms with van der Waals surface area (Å²) < 4.78 is 32.0. The lowest BCUT2D eigenvalue weighted by molar-refractivity contribution is 0.0730. The molecule has 7 nitrogen and oxygen atoms in total. The number of carbonyl (C=O) groups excluding carboxylic acids is 1. The molecule has 0 aliphatic carbocycles. The molecule has 1 saturated heterocycles. The maximum Gasteiger partial charge on any atom is 0.257 e. The number of rotatable bonds is 4. The van der Waals surface area contributed by atoms with Gasteiger partial charge in [0.15, 0.2) is 0 Å². The van der Waals surface area contributed by atoms with Crippen molar-refractivity contribution in [3.05, 3.63) is 53.1 Å². The number of morpholine rings is 1. The van der Waals surface area contributed by atoms with Crippen molar-refractivity contribution in [2.24, 2.45) is 0 Å². The highest BCUT2D eigenvalue weighted by atomic mass is 35.5. The molecule has 1 fully saturated rings. The molecule has 1 aliphatic heterocycles. The summed E-state index contributed by atoms with van der Waals surface area (Å²) in [5.41, 5.74) is 0.499. The molecular formula is C17H17ClN2O5S. The molecule has 2 N–H and O–H groups in total. The van der Waals surface area contributed by atoms with E-state index >= 15 is 0 Å². The van der Waals surface area contributed by atoms with E-state index in [1.165, 1.54) is 46.8 Å². The Morgan fingerprint density at radius 2 is 1.77 bits per heavy atom. The molecule has 1 amide bonds. The van der Waals surface area contributed by atoms with Crippen LogP contribution < -0.4 is 5.32 Å². The number of phenols is 1. The second kappa shape index (κ2) is 7.63. The predicted molar refractivity (Wildman–Crippen MR) is 97.1 cm³/mol. The summed E-state index contributed by atoms with van der Waals surface area (Å²) in [5.74, 6) is -0.473. The number of nitrogens with one attached hydrogen (secondary N) is 1. The number of hydrogen-bond acceptors (Lipinski definition) is 5. The first-order chi connectivity index (χ1) is 12.4. The fraction of sp³-hybridized carbons (Fsp3) is 0.235. The van der Waals surface area contributed by atoms with Crippen LogP contribution in [0.4, 0.5) is 5.69 Å². The third-order valence-corrected chi connectivity index (χ3v) is 6.14. The SMILES string of the molecule is O=C(Nc1ccc(O)cc1)c1cc(S(=O)(=O)N2CCOCC2)ccc1Cl. The van der Waals surface area contributed by atoms with E-state index in [0.717, 1.165) is 0 Å². The maximum absolute atomic E-state index is 12.7. The number of ether oxygens (including phenoxy) is 1. The summed E-state index contributed by atoms with van der Waals surface area (Å²) in [5, 5.41) is 12.1. The lowest BCUT2D eigenvalue weighted by Gasteiger charge is -2.26. The highest BCUT2D eigenvalue weighted by Crippen LogP contribution is 2.25. The average Bonchev–Trinajstić information content (AvgIpc) is 2.64. The molecule has 26 heavy (non-hydrogen) atoms. The highest BCUT2D eigenvalue weighted by Gasteiger charge is 2.27. The van der Waals surface area contributed by atoms with E-state index in [1.54, 1.807) is 0 Å². The van der Waals surface area contributed by atoms with Gasteiger partial charge in [-0.05, 0) is 42.5 Å². The second-order valence-electron chi connectivity index (χ2n) is 5.66. The summed E-state index contributed by atoms with van der Waals surface area (Å²) in [6.45, 7) is 1.20. The standard InChI is InChI=1S/C17H17ClN2O5S/c18-16-6-5-14(26(23,24)20-7-9-25-10-8-20)11-15(16)17(22)19-12-1-3-13(21)4-2-12/h1-6,11,21H,7-10H2,(H,19,22). The zero-order valence-electron chi connectivity index (χ0n) is 13.7. The van der Waals surface area contributed by atoms with Gasteiger partial charge in [0.2, 0.25) is 10.0 Å². The Hall–Kier alpha value is -2.13. The largest absolute Gasteiger partial charge is 0.508 e. The Bertz CT molecular complexity index is 909. The van der Waals surface area contributed by atoms with Gasteiger partial charge in [0.05, 0.1) is 28.7 Å². The van der Waals surface area contributed by atoms with Gasteiger partial charge in [0.1, 0.15) is 5.75 Å². The minimum absolute atomic E-state index is 0.000318. The lowest BCUT2D eigenvalue weighted by Crippen LogP contribution is -2.40. The molecule has 3 rings (SSSR count). The molecular weight excluding hydrogens is 380 g/mol. The number of benzene rings is 2. The Labute approximate surface area is 156 Å². The number of nitrogens with zero attached hydrogens (tertiary/aromatic N) is 1. The Balaban J connectivity index is 1.87. The van der Waals surface area contributed by atoms with E-state index < -0.39 is 15.9 Å². The minimum atomic E-state index is -3.73. The number of amides is 1. The summed E-state index contributed by atoms with van der Waals surface area (Å²) in [6, 6.07) is 9.94. The van der Waals surface area contributed by atoms with Crippen molar-refractivity contribution in [3.63, 3.8) is 0 Å². The summed E-state index contributed by atoms with van der Waals surface area (Å²) in [7, 11) is -3.73. The van der Waals surface area contributed by atoms with Gasteiger partial charge in [-0.1, -0.05) is 11.6 Å². The number of aromatic hydroxyl groups is 1. The number of phenolic OH excluding ortho intramolecular Hbond substituents is 1. The lowest BCUT2D eigenvalue weighted by atomic mass is 10.2. The van der Waals surface area contributed by atoms with Gasteiger partial charge in [-0.3, -0.25) is 4.79 Å². The number of anilines is 1. The Morgan fingerprint density at radius 1 is 1.12 bits per heavy atom. The molecule has 0 unspecified atom stereocenters. The summed E-state index contributed by atoms with van der Waals surface area (Å²) >= 11 is 6.09. The van der Waals surface area contributed by atoms with Crippen LogP contribution in [0.15, 0.2) is 47.4 Å². The van der Waals surface area contributed by atoms with Gasteiger partial charge in [-0.15, -0.1) is 0 Å². The normalized spacial score (nSPS) is 15.6.